The third-order valence-electron chi connectivity index (χ3n) is 10.8. The molecule has 2 amide bonds. The van der Waals surface area contributed by atoms with Gasteiger partial charge in [-0.15, -0.1) is 0 Å². The fraction of sp³-hybridized carbons (Fsp3) is 0.500. The molecule has 2 aromatic carbocycles. The van der Waals surface area contributed by atoms with Crippen LogP contribution in [0.15, 0.2) is 52.8 Å². The molecule has 2 aliphatic heterocycles. The number of anilines is 1. The van der Waals surface area contributed by atoms with Gasteiger partial charge in [-0.2, -0.15) is 0 Å². The molecule has 10 heteroatoms. The van der Waals surface area contributed by atoms with Gasteiger partial charge in [-0.25, -0.2) is 4.98 Å². The van der Waals surface area contributed by atoms with Crippen molar-refractivity contribution in [3.63, 3.8) is 0 Å². The Kier molecular flexibility index (Phi) is 8.74. The van der Waals surface area contributed by atoms with Crippen molar-refractivity contribution >= 4 is 45.6 Å². The monoisotopic (exact) mass is 642 g/mol. The van der Waals surface area contributed by atoms with Gasteiger partial charge in [0.05, 0.1) is 10.9 Å². The first-order chi connectivity index (χ1) is 22.3. The summed E-state index contributed by atoms with van der Waals surface area (Å²) in [6.07, 6.45) is 8.34. The highest BCUT2D eigenvalue weighted by molar-refractivity contribution is 6.30. The van der Waals surface area contributed by atoms with Gasteiger partial charge >= 0.3 is 0 Å². The summed E-state index contributed by atoms with van der Waals surface area (Å²) in [5, 5.41) is 7.12. The molecule has 1 atom stereocenters. The Morgan fingerprint density at radius 2 is 1.74 bits per heavy atom. The topological polar surface area (TPSA) is 99.6 Å². The highest BCUT2D eigenvalue weighted by Gasteiger charge is 2.41. The van der Waals surface area contributed by atoms with Gasteiger partial charge in [0.15, 0.2) is 0 Å². The largest absolute Gasteiger partial charge is 0.383 e. The number of allylic oxidation sites excluding steroid dienone is 1. The molecule has 242 valence electrons. The molecule has 2 N–H and O–H groups in total. The van der Waals surface area contributed by atoms with Crippen molar-refractivity contribution in [2.45, 2.75) is 64.3 Å². The highest BCUT2D eigenvalue weighted by atomic mass is 35.5. The molecule has 1 aromatic heterocycles. The number of nitrogens with zero attached hydrogens (tertiary/aromatic N) is 4. The molecule has 1 saturated carbocycles. The number of hydrogen-bond donors (Lipinski definition) is 2. The van der Waals surface area contributed by atoms with Crippen molar-refractivity contribution in [1.29, 1.82) is 0 Å². The third kappa shape index (κ3) is 6.25. The second-order valence-electron chi connectivity index (χ2n) is 13.7. The quantitative estimate of drug-likeness (QED) is 0.327. The highest BCUT2D eigenvalue weighted by Crippen LogP contribution is 2.55. The number of hydrogen-bond acceptors (Lipinski definition) is 7. The van der Waals surface area contributed by atoms with Crippen LogP contribution in [0.2, 0.25) is 5.02 Å². The fourth-order valence-electron chi connectivity index (χ4n) is 7.98. The molecule has 3 aromatic rings. The Hall–Kier alpha value is -3.53. The molecule has 0 bridgehead atoms. The molecule has 7 rings (SSSR count). The number of benzene rings is 2. The van der Waals surface area contributed by atoms with Gasteiger partial charge in [-0.1, -0.05) is 41.8 Å². The van der Waals surface area contributed by atoms with Crippen molar-refractivity contribution in [2.24, 2.45) is 5.41 Å². The predicted octanol–water partition coefficient (Wildman–Crippen LogP) is 5.17. The van der Waals surface area contributed by atoms with Gasteiger partial charge in [0.25, 0.3) is 5.56 Å². The van der Waals surface area contributed by atoms with E-state index in [1.165, 1.54) is 48.7 Å². The minimum absolute atomic E-state index is 0.204. The number of carbonyl (C=O) groups is 2. The second-order valence-corrected chi connectivity index (χ2v) is 14.1. The minimum Gasteiger partial charge on any atom is -0.383 e. The minimum atomic E-state index is -0.739. The number of aromatic nitrogens is 2. The first-order valence-electron chi connectivity index (χ1n) is 16.8. The van der Waals surface area contributed by atoms with Crippen LogP contribution in [0.3, 0.4) is 0 Å². The summed E-state index contributed by atoms with van der Waals surface area (Å²) in [7, 11) is 0. The molecule has 9 nitrogen and oxygen atoms in total. The van der Waals surface area contributed by atoms with Crippen LogP contribution in [0.1, 0.15) is 68.8 Å². The summed E-state index contributed by atoms with van der Waals surface area (Å²) in [5.74, 6) is -0.288. The van der Waals surface area contributed by atoms with Gasteiger partial charge in [-0.3, -0.25) is 34.1 Å². The van der Waals surface area contributed by atoms with Crippen molar-refractivity contribution in [3.05, 3.63) is 74.8 Å². The molecule has 1 unspecified atom stereocenters. The summed E-state index contributed by atoms with van der Waals surface area (Å²) in [6.45, 7) is 8.43. The van der Waals surface area contributed by atoms with E-state index in [-0.39, 0.29) is 17.9 Å². The molecule has 2 saturated heterocycles. The lowest BCUT2D eigenvalue weighted by atomic mass is 9.59. The van der Waals surface area contributed by atoms with Crippen molar-refractivity contribution in [2.75, 3.05) is 51.1 Å². The van der Waals surface area contributed by atoms with Gasteiger partial charge < -0.3 is 5.32 Å². The molecular weight excluding hydrogens is 600 g/mol. The Morgan fingerprint density at radius 1 is 0.978 bits per heavy atom. The SMILES string of the molecule is Cc1nc2cccc(NCCN3CCN(CC4=C(c5ccc(Cl)cc5)CC5(CCC5)CC4)CC3)c2c(=O)n1C1CCC(=O)NC1=O. The summed E-state index contributed by atoms with van der Waals surface area (Å²) < 4.78 is 1.45. The predicted molar refractivity (Wildman–Crippen MR) is 182 cm³/mol. The zero-order valence-electron chi connectivity index (χ0n) is 26.6. The maximum Gasteiger partial charge on any atom is 0.264 e. The summed E-state index contributed by atoms with van der Waals surface area (Å²) in [6, 6.07) is 13.4. The Balaban J connectivity index is 0.981. The van der Waals surface area contributed by atoms with Crippen LogP contribution in [0.25, 0.3) is 16.5 Å². The summed E-state index contributed by atoms with van der Waals surface area (Å²) in [4.78, 5) is 47.8. The van der Waals surface area contributed by atoms with E-state index in [4.69, 9.17) is 11.6 Å². The Bertz CT molecular complexity index is 1740. The van der Waals surface area contributed by atoms with Crippen LogP contribution in [-0.4, -0.2) is 77.0 Å². The van der Waals surface area contributed by atoms with E-state index in [2.05, 4.69) is 37.6 Å². The van der Waals surface area contributed by atoms with E-state index >= 15 is 0 Å². The van der Waals surface area contributed by atoms with E-state index in [1.807, 2.05) is 30.3 Å². The van der Waals surface area contributed by atoms with E-state index in [0.29, 0.717) is 35.1 Å². The van der Waals surface area contributed by atoms with Crippen LogP contribution in [0, 0.1) is 12.3 Å². The van der Waals surface area contributed by atoms with E-state index < -0.39 is 11.9 Å². The number of imide groups is 1. The maximum absolute atomic E-state index is 13.7. The number of amides is 2. The lowest BCUT2D eigenvalue weighted by Gasteiger charge is -2.47. The molecule has 46 heavy (non-hydrogen) atoms. The summed E-state index contributed by atoms with van der Waals surface area (Å²) in [5.41, 5.74) is 6.11. The number of fused-ring (bicyclic) bond motifs is 1. The molecule has 2 aliphatic carbocycles. The standard InChI is InChI=1S/C36H43ClN6O3/c1-24-39-30-5-2-4-29(33(30)35(46)43(24)31-10-11-32(44)40-34(31)45)38-16-17-41-18-20-42(21-19-41)23-26-12-15-36(13-3-14-36)22-28(26)25-6-8-27(37)9-7-25/h2,4-9,31,38H,3,10-23H2,1H3,(H,40,44,45). The smallest absolute Gasteiger partial charge is 0.264 e. The maximum atomic E-state index is 13.7. The van der Waals surface area contributed by atoms with E-state index in [9.17, 15) is 14.4 Å². The molecule has 4 aliphatic rings. The van der Waals surface area contributed by atoms with Crippen LogP contribution in [0.4, 0.5) is 5.69 Å². The van der Waals surface area contributed by atoms with E-state index in [1.54, 1.807) is 18.1 Å². The number of carbonyl (C=O) groups excluding carboxylic acids is 2. The average Bonchev–Trinajstić information content (AvgIpc) is 3.03. The lowest BCUT2D eigenvalue weighted by molar-refractivity contribution is -0.135. The molecule has 3 heterocycles. The van der Waals surface area contributed by atoms with Gasteiger partial charge in [0.2, 0.25) is 11.8 Å². The molecule has 0 radical (unpaired) electrons. The first-order valence-corrected chi connectivity index (χ1v) is 17.2. The van der Waals surface area contributed by atoms with Crippen molar-refractivity contribution < 1.29 is 9.59 Å². The molecular formula is C36H43ClN6O3. The van der Waals surface area contributed by atoms with Crippen molar-refractivity contribution in [1.82, 2.24) is 24.7 Å². The number of rotatable bonds is 8. The molecule has 1 spiro atoms. The Morgan fingerprint density at radius 3 is 2.46 bits per heavy atom. The van der Waals surface area contributed by atoms with Crippen LogP contribution < -0.4 is 16.2 Å². The number of piperidine rings is 1. The van der Waals surface area contributed by atoms with Gasteiger partial charge in [-0.05, 0) is 86.3 Å². The average molecular weight is 643 g/mol. The van der Waals surface area contributed by atoms with Crippen LogP contribution >= 0.6 is 11.6 Å². The third-order valence-corrected chi connectivity index (χ3v) is 11.0. The van der Waals surface area contributed by atoms with Gasteiger partial charge in [0, 0.05) is 62.9 Å². The van der Waals surface area contributed by atoms with Crippen LogP contribution in [0.5, 0.6) is 0 Å². The first kappa shape index (κ1) is 31.1. The number of piperazine rings is 1. The summed E-state index contributed by atoms with van der Waals surface area (Å²) >= 11 is 6.23. The lowest BCUT2D eigenvalue weighted by Crippen LogP contribution is -2.48. The fourth-order valence-corrected chi connectivity index (χ4v) is 8.10. The number of nitrogens with one attached hydrogen (secondary N) is 2. The second kappa shape index (κ2) is 12.9. The van der Waals surface area contributed by atoms with Crippen LogP contribution in [-0.2, 0) is 9.59 Å². The van der Waals surface area contributed by atoms with Crippen molar-refractivity contribution in [3.8, 4) is 0 Å². The zero-order chi connectivity index (χ0) is 31.8. The zero-order valence-corrected chi connectivity index (χ0v) is 27.4. The van der Waals surface area contributed by atoms with Gasteiger partial charge in [0.1, 0.15) is 11.9 Å². The number of aryl methyl sites for hydroxylation is 1. The molecule has 3 fully saturated rings. The Labute approximate surface area is 275 Å². The normalized spacial score (nSPS) is 22.3. The van der Waals surface area contributed by atoms with E-state index in [0.717, 1.165) is 50.0 Å². The number of halogens is 1.